The predicted octanol–water partition coefficient (Wildman–Crippen LogP) is 0.627. The summed E-state index contributed by atoms with van der Waals surface area (Å²) in [5, 5.41) is 3.40. The van der Waals surface area contributed by atoms with Gasteiger partial charge in [-0.05, 0) is 58.0 Å². The number of ether oxygens (including phenoxy) is 1. The summed E-state index contributed by atoms with van der Waals surface area (Å²) in [7, 11) is 0. The second-order valence-corrected chi connectivity index (χ2v) is 6.65. The van der Waals surface area contributed by atoms with Crippen LogP contribution >= 0.6 is 0 Å². The largest absolute Gasteiger partial charge is 0.375 e. The lowest BCUT2D eigenvalue weighted by Gasteiger charge is -2.51. The number of carbonyl (C=O) groups is 1. The third-order valence-corrected chi connectivity index (χ3v) is 5.32. The molecule has 2 heterocycles. The minimum atomic E-state index is -0.197. The lowest BCUT2D eigenvalue weighted by molar-refractivity contribution is -0.154. The Kier molecular flexibility index (Phi) is 4.29. The quantitative estimate of drug-likeness (QED) is 0.793. The van der Waals surface area contributed by atoms with E-state index in [9.17, 15) is 4.79 Å². The van der Waals surface area contributed by atoms with Crippen LogP contribution in [0.1, 0.15) is 44.9 Å². The van der Waals surface area contributed by atoms with Gasteiger partial charge in [0.05, 0.1) is 12.1 Å². The molecular weight excluding hydrogens is 254 g/mol. The zero-order valence-electron chi connectivity index (χ0n) is 12.3. The van der Waals surface area contributed by atoms with Crippen molar-refractivity contribution in [3.8, 4) is 0 Å². The maximum Gasteiger partial charge on any atom is 0.231 e. The van der Waals surface area contributed by atoms with Crippen LogP contribution in [0, 0.1) is 0 Å². The minimum Gasteiger partial charge on any atom is -0.375 e. The Balaban J connectivity index is 1.68. The van der Waals surface area contributed by atoms with E-state index in [1.54, 1.807) is 0 Å². The van der Waals surface area contributed by atoms with Crippen molar-refractivity contribution in [3.05, 3.63) is 0 Å². The summed E-state index contributed by atoms with van der Waals surface area (Å²) < 4.78 is 6.02. The second kappa shape index (κ2) is 6.00. The molecule has 2 saturated heterocycles. The van der Waals surface area contributed by atoms with Crippen LogP contribution < -0.4 is 11.1 Å². The number of hydrogen-bond donors (Lipinski definition) is 2. The number of rotatable bonds is 4. The van der Waals surface area contributed by atoms with Crippen molar-refractivity contribution >= 4 is 5.91 Å². The molecule has 0 aromatic rings. The number of carbonyl (C=O) groups excluding carboxylic acids is 1. The summed E-state index contributed by atoms with van der Waals surface area (Å²) in [5.74, 6) is -0.197. The van der Waals surface area contributed by atoms with E-state index in [-0.39, 0.29) is 11.5 Å². The van der Waals surface area contributed by atoms with Crippen molar-refractivity contribution in [2.45, 2.75) is 62.6 Å². The van der Waals surface area contributed by atoms with E-state index < -0.39 is 0 Å². The molecule has 5 heteroatoms. The molecule has 3 aliphatic rings. The third-order valence-electron chi connectivity index (χ3n) is 5.32. The number of amides is 1. The van der Waals surface area contributed by atoms with Gasteiger partial charge >= 0.3 is 0 Å². The lowest BCUT2D eigenvalue weighted by atomic mass is 9.73. The molecule has 1 unspecified atom stereocenters. The average Bonchev–Trinajstić information content (AvgIpc) is 2.44. The average molecular weight is 281 g/mol. The van der Waals surface area contributed by atoms with Crippen molar-refractivity contribution < 1.29 is 9.53 Å². The van der Waals surface area contributed by atoms with Gasteiger partial charge in [-0.1, -0.05) is 0 Å². The fourth-order valence-corrected chi connectivity index (χ4v) is 4.08. The van der Waals surface area contributed by atoms with Crippen molar-refractivity contribution in [2.24, 2.45) is 5.73 Å². The van der Waals surface area contributed by atoms with E-state index in [0.29, 0.717) is 18.6 Å². The fraction of sp³-hybridized carbons (Fsp3) is 0.933. The molecule has 1 saturated carbocycles. The van der Waals surface area contributed by atoms with Crippen molar-refractivity contribution in [1.29, 1.82) is 0 Å². The highest BCUT2D eigenvalue weighted by atomic mass is 16.5. The number of nitrogens with zero attached hydrogens (tertiary/aromatic N) is 1. The van der Waals surface area contributed by atoms with Crippen LogP contribution in [-0.4, -0.2) is 54.7 Å². The smallest absolute Gasteiger partial charge is 0.231 e. The van der Waals surface area contributed by atoms with Gasteiger partial charge < -0.3 is 15.8 Å². The van der Waals surface area contributed by atoms with Crippen LogP contribution in [0.25, 0.3) is 0 Å². The first-order valence-electron chi connectivity index (χ1n) is 8.07. The Morgan fingerprint density at radius 2 is 2.00 bits per heavy atom. The van der Waals surface area contributed by atoms with Gasteiger partial charge in [0.25, 0.3) is 0 Å². The number of primary amides is 1. The first kappa shape index (κ1) is 14.3. The first-order chi connectivity index (χ1) is 9.69. The molecule has 0 aromatic carbocycles. The SMILES string of the molecule is NC(=O)CN(C1CCNCC1)C1CCOC2(CCC2)C1. The zero-order chi connectivity index (χ0) is 14.0. The number of nitrogens with one attached hydrogen (secondary N) is 1. The van der Waals surface area contributed by atoms with Gasteiger partial charge in [0.15, 0.2) is 0 Å². The molecule has 3 rings (SSSR count). The first-order valence-corrected chi connectivity index (χ1v) is 8.07. The highest BCUT2D eigenvalue weighted by Crippen LogP contribution is 2.43. The normalized spacial score (nSPS) is 30.4. The van der Waals surface area contributed by atoms with Gasteiger partial charge in [0.2, 0.25) is 5.91 Å². The Hall–Kier alpha value is -0.650. The Labute approximate surface area is 121 Å². The molecular formula is C15H27N3O2. The number of piperidine rings is 1. The van der Waals surface area contributed by atoms with Crippen molar-refractivity contribution in [2.75, 3.05) is 26.2 Å². The van der Waals surface area contributed by atoms with Crippen LogP contribution in [-0.2, 0) is 9.53 Å². The van der Waals surface area contributed by atoms with Gasteiger partial charge in [0.1, 0.15) is 0 Å². The molecule has 5 nitrogen and oxygen atoms in total. The molecule has 0 aromatic heterocycles. The van der Waals surface area contributed by atoms with Crippen molar-refractivity contribution in [1.82, 2.24) is 10.2 Å². The maximum absolute atomic E-state index is 11.5. The van der Waals surface area contributed by atoms with E-state index in [1.165, 1.54) is 19.3 Å². The molecule has 3 N–H and O–H groups in total. The van der Waals surface area contributed by atoms with Gasteiger partial charge in [-0.2, -0.15) is 0 Å². The Morgan fingerprint density at radius 1 is 1.25 bits per heavy atom. The number of hydrogen-bond acceptors (Lipinski definition) is 4. The van der Waals surface area contributed by atoms with Crippen LogP contribution in [0.5, 0.6) is 0 Å². The van der Waals surface area contributed by atoms with E-state index in [1.807, 2.05) is 0 Å². The van der Waals surface area contributed by atoms with Crippen LogP contribution in [0.15, 0.2) is 0 Å². The molecule has 1 aliphatic carbocycles. The van der Waals surface area contributed by atoms with Crippen LogP contribution in [0.2, 0.25) is 0 Å². The minimum absolute atomic E-state index is 0.131. The lowest BCUT2D eigenvalue weighted by Crippen LogP contribution is -2.57. The monoisotopic (exact) mass is 281 g/mol. The topological polar surface area (TPSA) is 67.6 Å². The number of nitrogens with two attached hydrogens (primary N) is 1. The van der Waals surface area contributed by atoms with E-state index in [2.05, 4.69) is 10.2 Å². The van der Waals surface area contributed by atoms with Gasteiger partial charge in [-0.15, -0.1) is 0 Å². The summed E-state index contributed by atoms with van der Waals surface area (Å²) in [5.41, 5.74) is 5.62. The molecule has 0 bridgehead atoms. The van der Waals surface area contributed by atoms with Crippen molar-refractivity contribution in [3.63, 3.8) is 0 Å². The Morgan fingerprint density at radius 3 is 2.60 bits per heavy atom. The zero-order valence-corrected chi connectivity index (χ0v) is 12.3. The maximum atomic E-state index is 11.5. The molecule has 1 atom stereocenters. The standard InChI is InChI=1S/C15H27N3O2/c16-14(19)11-18(12-2-7-17-8-3-12)13-4-9-20-15(10-13)5-1-6-15/h12-13,17H,1-11H2,(H2,16,19). The van der Waals surface area contributed by atoms with Crippen LogP contribution in [0.3, 0.4) is 0 Å². The summed E-state index contributed by atoms with van der Waals surface area (Å²) >= 11 is 0. The molecule has 1 spiro atoms. The van der Waals surface area contributed by atoms with Gasteiger partial charge in [-0.25, -0.2) is 0 Å². The molecule has 1 amide bonds. The summed E-state index contributed by atoms with van der Waals surface area (Å²) in [6, 6.07) is 0.976. The molecule has 3 fully saturated rings. The molecule has 2 aliphatic heterocycles. The fourth-order valence-electron chi connectivity index (χ4n) is 4.08. The van der Waals surface area contributed by atoms with Gasteiger partial charge in [0, 0.05) is 18.7 Å². The molecule has 0 radical (unpaired) electrons. The Bertz CT molecular complexity index is 351. The van der Waals surface area contributed by atoms with E-state index in [4.69, 9.17) is 10.5 Å². The summed E-state index contributed by atoms with van der Waals surface area (Å²) in [6.45, 7) is 3.35. The predicted molar refractivity (Wildman–Crippen MR) is 77.3 cm³/mol. The highest BCUT2D eigenvalue weighted by molar-refractivity contribution is 5.76. The van der Waals surface area contributed by atoms with E-state index >= 15 is 0 Å². The van der Waals surface area contributed by atoms with E-state index in [0.717, 1.165) is 45.4 Å². The summed E-state index contributed by atoms with van der Waals surface area (Å²) in [4.78, 5) is 13.9. The van der Waals surface area contributed by atoms with Crippen LogP contribution in [0.4, 0.5) is 0 Å². The third kappa shape index (κ3) is 3.00. The molecule has 20 heavy (non-hydrogen) atoms. The highest BCUT2D eigenvalue weighted by Gasteiger charge is 2.45. The van der Waals surface area contributed by atoms with Gasteiger partial charge in [-0.3, -0.25) is 9.69 Å². The summed E-state index contributed by atoms with van der Waals surface area (Å²) in [6.07, 6.45) is 8.05. The second-order valence-electron chi connectivity index (χ2n) is 6.65. The molecule has 114 valence electrons.